The monoisotopic (exact) mass is 254 g/mol. The van der Waals surface area contributed by atoms with Gasteiger partial charge in [0.15, 0.2) is 0 Å². The van der Waals surface area contributed by atoms with E-state index >= 15 is 0 Å². The molecule has 0 spiro atoms. The fraction of sp³-hybridized carbons (Fsp3) is 0.235. The Hall–Kier alpha value is -2.09. The summed E-state index contributed by atoms with van der Waals surface area (Å²) in [6.07, 6.45) is 1.08. The van der Waals surface area contributed by atoms with Crippen LogP contribution in [0.3, 0.4) is 0 Å². The zero-order valence-corrected chi connectivity index (χ0v) is 11.3. The molecule has 2 aromatic carbocycles. The van der Waals surface area contributed by atoms with Gasteiger partial charge in [-0.05, 0) is 41.2 Å². The normalized spacial score (nSPS) is 10.7. The van der Waals surface area contributed by atoms with Crippen LogP contribution in [0.4, 0.5) is 0 Å². The molecular formula is C17H18O2. The Bertz CT molecular complexity index is 551. The van der Waals surface area contributed by atoms with E-state index < -0.39 is 5.97 Å². The fourth-order valence-electron chi connectivity index (χ4n) is 2.11. The van der Waals surface area contributed by atoms with Crippen LogP contribution in [0.2, 0.25) is 0 Å². The summed E-state index contributed by atoms with van der Waals surface area (Å²) in [5.41, 5.74) is 3.81. The van der Waals surface area contributed by atoms with Gasteiger partial charge in [-0.1, -0.05) is 50.2 Å². The molecule has 0 aliphatic heterocycles. The maximum absolute atomic E-state index is 10.8. The lowest BCUT2D eigenvalue weighted by molar-refractivity contribution is 0.0697. The molecule has 0 saturated carbocycles. The molecule has 19 heavy (non-hydrogen) atoms. The van der Waals surface area contributed by atoms with Crippen molar-refractivity contribution in [1.82, 2.24) is 0 Å². The van der Waals surface area contributed by atoms with Crippen molar-refractivity contribution >= 4 is 5.97 Å². The third kappa shape index (κ3) is 3.44. The highest BCUT2D eigenvalue weighted by Crippen LogP contribution is 2.21. The van der Waals surface area contributed by atoms with Crippen LogP contribution in [-0.4, -0.2) is 11.1 Å². The van der Waals surface area contributed by atoms with E-state index in [2.05, 4.69) is 38.1 Å². The van der Waals surface area contributed by atoms with E-state index in [4.69, 9.17) is 5.11 Å². The van der Waals surface area contributed by atoms with Crippen molar-refractivity contribution in [1.29, 1.82) is 0 Å². The number of carboxylic acid groups (broad SMARTS) is 1. The van der Waals surface area contributed by atoms with Crippen LogP contribution in [0.1, 0.15) is 29.8 Å². The Morgan fingerprint density at radius 1 is 0.947 bits per heavy atom. The second-order valence-electron chi connectivity index (χ2n) is 5.18. The topological polar surface area (TPSA) is 37.3 Å². The van der Waals surface area contributed by atoms with Gasteiger partial charge in [0.25, 0.3) is 0 Å². The van der Waals surface area contributed by atoms with Crippen LogP contribution in [0, 0.1) is 5.92 Å². The highest BCUT2D eigenvalue weighted by atomic mass is 16.4. The first-order chi connectivity index (χ1) is 9.06. The number of hydrogen-bond acceptors (Lipinski definition) is 1. The van der Waals surface area contributed by atoms with Crippen molar-refractivity contribution in [2.45, 2.75) is 20.3 Å². The van der Waals surface area contributed by atoms with Crippen molar-refractivity contribution in [2.24, 2.45) is 5.92 Å². The van der Waals surface area contributed by atoms with Crippen molar-refractivity contribution < 1.29 is 9.90 Å². The summed E-state index contributed by atoms with van der Waals surface area (Å²) in [5.74, 6) is -0.237. The van der Waals surface area contributed by atoms with Crippen LogP contribution < -0.4 is 0 Å². The van der Waals surface area contributed by atoms with Crippen LogP contribution in [-0.2, 0) is 6.42 Å². The average molecular weight is 254 g/mol. The van der Waals surface area contributed by atoms with Crippen molar-refractivity contribution in [3.63, 3.8) is 0 Å². The Balaban J connectivity index is 2.19. The second-order valence-corrected chi connectivity index (χ2v) is 5.18. The highest BCUT2D eigenvalue weighted by molar-refractivity contribution is 5.88. The Morgan fingerprint density at radius 2 is 1.42 bits per heavy atom. The molecule has 0 saturated heterocycles. The van der Waals surface area contributed by atoms with Crippen LogP contribution >= 0.6 is 0 Å². The Labute approximate surface area is 113 Å². The maximum Gasteiger partial charge on any atom is 0.335 e. The Morgan fingerprint density at radius 3 is 1.84 bits per heavy atom. The maximum atomic E-state index is 10.8. The molecule has 2 heteroatoms. The molecule has 2 rings (SSSR count). The predicted octanol–water partition coefficient (Wildman–Crippen LogP) is 4.25. The molecule has 0 aliphatic rings. The number of carboxylic acids is 1. The van der Waals surface area contributed by atoms with Gasteiger partial charge in [-0.3, -0.25) is 0 Å². The first kappa shape index (κ1) is 13.3. The van der Waals surface area contributed by atoms with E-state index in [0.717, 1.165) is 17.5 Å². The van der Waals surface area contributed by atoms with E-state index in [1.54, 1.807) is 12.1 Å². The standard InChI is InChI=1S/C17H18O2/c1-12(2)11-13-3-5-14(6-4-13)15-7-9-16(10-8-15)17(18)19/h3-10,12H,11H2,1-2H3,(H,18,19). The third-order valence-electron chi connectivity index (χ3n) is 3.06. The molecular weight excluding hydrogens is 236 g/mol. The summed E-state index contributed by atoms with van der Waals surface area (Å²) in [5, 5.41) is 8.87. The molecule has 98 valence electrons. The largest absolute Gasteiger partial charge is 0.478 e. The summed E-state index contributed by atoms with van der Waals surface area (Å²) >= 11 is 0. The zero-order valence-electron chi connectivity index (χ0n) is 11.3. The smallest absolute Gasteiger partial charge is 0.335 e. The number of benzene rings is 2. The minimum atomic E-state index is -0.890. The number of carbonyl (C=O) groups is 1. The van der Waals surface area contributed by atoms with Crippen LogP contribution in [0.15, 0.2) is 48.5 Å². The quantitative estimate of drug-likeness (QED) is 0.885. The summed E-state index contributed by atoms with van der Waals surface area (Å²) < 4.78 is 0. The lowest BCUT2D eigenvalue weighted by Crippen LogP contribution is -1.95. The van der Waals surface area contributed by atoms with E-state index in [9.17, 15) is 4.79 Å². The van der Waals surface area contributed by atoms with Crippen LogP contribution in [0.25, 0.3) is 11.1 Å². The lowest BCUT2D eigenvalue weighted by Gasteiger charge is -2.07. The number of rotatable bonds is 4. The van der Waals surface area contributed by atoms with E-state index in [1.165, 1.54) is 5.56 Å². The van der Waals surface area contributed by atoms with E-state index in [1.807, 2.05) is 12.1 Å². The minimum absolute atomic E-state index is 0.320. The van der Waals surface area contributed by atoms with Crippen molar-refractivity contribution in [3.05, 3.63) is 59.7 Å². The van der Waals surface area contributed by atoms with Gasteiger partial charge in [-0.25, -0.2) is 4.79 Å². The van der Waals surface area contributed by atoms with Gasteiger partial charge >= 0.3 is 5.97 Å². The summed E-state index contributed by atoms with van der Waals surface area (Å²) in [6.45, 7) is 4.41. The van der Waals surface area contributed by atoms with Crippen LogP contribution in [0.5, 0.6) is 0 Å². The molecule has 0 heterocycles. The average Bonchev–Trinajstić information content (AvgIpc) is 2.39. The van der Waals surface area contributed by atoms with E-state index in [-0.39, 0.29) is 0 Å². The molecule has 0 amide bonds. The number of hydrogen-bond donors (Lipinski definition) is 1. The molecule has 0 radical (unpaired) electrons. The highest BCUT2D eigenvalue weighted by Gasteiger charge is 2.03. The van der Waals surface area contributed by atoms with Gasteiger partial charge < -0.3 is 5.11 Å². The zero-order chi connectivity index (χ0) is 13.8. The van der Waals surface area contributed by atoms with Gasteiger partial charge in [0.2, 0.25) is 0 Å². The Kier molecular flexibility index (Phi) is 4.00. The lowest BCUT2D eigenvalue weighted by atomic mass is 9.99. The SMILES string of the molecule is CC(C)Cc1ccc(-c2ccc(C(=O)O)cc2)cc1. The summed E-state index contributed by atoms with van der Waals surface area (Å²) in [7, 11) is 0. The summed E-state index contributed by atoms with van der Waals surface area (Å²) in [4.78, 5) is 10.8. The first-order valence-electron chi connectivity index (χ1n) is 6.49. The molecule has 0 bridgehead atoms. The fourth-order valence-corrected chi connectivity index (χ4v) is 2.11. The van der Waals surface area contributed by atoms with Crippen molar-refractivity contribution in [2.75, 3.05) is 0 Å². The molecule has 1 N–H and O–H groups in total. The van der Waals surface area contributed by atoms with Gasteiger partial charge in [0, 0.05) is 0 Å². The minimum Gasteiger partial charge on any atom is -0.478 e. The predicted molar refractivity (Wildman–Crippen MR) is 77.4 cm³/mol. The first-order valence-corrected chi connectivity index (χ1v) is 6.49. The number of aromatic carboxylic acids is 1. The van der Waals surface area contributed by atoms with Crippen molar-refractivity contribution in [3.8, 4) is 11.1 Å². The third-order valence-corrected chi connectivity index (χ3v) is 3.06. The van der Waals surface area contributed by atoms with E-state index in [0.29, 0.717) is 11.5 Å². The molecule has 2 nitrogen and oxygen atoms in total. The van der Waals surface area contributed by atoms with Gasteiger partial charge in [0.1, 0.15) is 0 Å². The molecule has 0 unspecified atom stereocenters. The van der Waals surface area contributed by atoms with Gasteiger partial charge in [-0.15, -0.1) is 0 Å². The molecule has 0 aromatic heterocycles. The van der Waals surface area contributed by atoms with Gasteiger partial charge in [0.05, 0.1) is 5.56 Å². The molecule has 0 fully saturated rings. The molecule has 2 aromatic rings. The molecule has 0 atom stereocenters. The summed E-state index contributed by atoms with van der Waals surface area (Å²) in [6, 6.07) is 15.4. The second kappa shape index (κ2) is 5.70. The molecule has 0 aliphatic carbocycles. The van der Waals surface area contributed by atoms with Gasteiger partial charge in [-0.2, -0.15) is 0 Å².